The van der Waals surface area contributed by atoms with E-state index in [9.17, 15) is 18.5 Å². The first-order valence-electron chi connectivity index (χ1n) is 5.84. The van der Waals surface area contributed by atoms with Crippen molar-refractivity contribution in [1.82, 2.24) is 4.72 Å². The van der Waals surface area contributed by atoms with Crippen molar-refractivity contribution in [3.05, 3.63) is 32.8 Å². The fraction of sp³-hybridized carbons (Fsp3) is 0.455. The second-order valence-electron chi connectivity index (χ2n) is 4.85. The highest BCUT2D eigenvalue weighted by atomic mass is 79.9. The molecular weight excluding hydrogens is 352 g/mol. The molecule has 0 atom stereocenters. The van der Waals surface area contributed by atoms with Crippen LogP contribution in [-0.2, 0) is 10.0 Å². The van der Waals surface area contributed by atoms with Crippen LogP contribution >= 0.6 is 15.9 Å². The minimum absolute atomic E-state index is 0.0789. The zero-order valence-corrected chi connectivity index (χ0v) is 12.8. The van der Waals surface area contributed by atoms with E-state index in [-0.39, 0.29) is 18.0 Å². The highest BCUT2D eigenvalue weighted by Crippen LogP contribution is 2.44. The monoisotopic (exact) mass is 364 g/mol. The van der Waals surface area contributed by atoms with Crippen LogP contribution in [0.4, 0.5) is 5.69 Å². The summed E-state index contributed by atoms with van der Waals surface area (Å²) in [4.78, 5) is 9.79. The van der Waals surface area contributed by atoms with Crippen LogP contribution in [0.15, 0.2) is 27.6 Å². The summed E-state index contributed by atoms with van der Waals surface area (Å²) in [6.45, 7) is -0.0222. The Balaban J connectivity index is 2.29. The molecule has 1 fully saturated rings. The summed E-state index contributed by atoms with van der Waals surface area (Å²) in [6.07, 6.45) is 1.49. The SMILES string of the molecule is O=[N+]([O-])c1ccc(Br)cc1S(=O)(=O)NCC1(CO)CC1. The molecule has 0 heterocycles. The van der Waals surface area contributed by atoms with E-state index in [0.717, 1.165) is 18.9 Å². The summed E-state index contributed by atoms with van der Waals surface area (Å²) >= 11 is 3.10. The fourth-order valence-corrected chi connectivity index (χ4v) is 3.61. The molecule has 2 N–H and O–H groups in total. The van der Waals surface area contributed by atoms with Gasteiger partial charge in [0.1, 0.15) is 0 Å². The molecule has 2 rings (SSSR count). The lowest BCUT2D eigenvalue weighted by atomic mass is 10.1. The molecule has 0 amide bonds. The highest BCUT2D eigenvalue weighted by molar-refractivity contribution is 9.10. The van der Waals surface area contributed by atoms with Gasteiger partial charge in [0, 0.05) is 29.1 Å². The van der Waals surface area contributed by atoms with Crippen molar-refractivity contribution in [2.75, 3.05) is 13.2 Å². The third kappa shape index (κ3) is 3.17. The van der Waals surface area contributed by atoms with E-state index in [1.54, 1.807) is 0 Å². The van der Waals surface area contributed by atoms with Crippen LogP contribution in [0.25, 0.3) is 0 Å². The maximum Gasteiger partial charge on any atom is 0.289 e. The van der Waals surface area contributed by atoms with Gasteiger partial charge < -0.3 is 5.11 Å². The van der Waals surface area contributed by atoms with E-state index in [4.69, 9.17) is 5.11 Å². The quantitative estimate of drug-likeness (QED) is 0.585. The Bertz CT molecular complexity index is 642. The molecule has 1 aromatic rings. The second-order valence-corrected chi connectivity index (χ2v) is 7.50. The van der Waals surface area contributed by atoms with Gasteiger partial charge in [0.2, 0.25) is 10.0 Å². The normalized spacial score (nSPS) is 16.9. The van der Waals surface area contributed by atoms with E-state index < -0.39 is 26.0 Å². The number of halogens is 1. The van der Waals surface area contributed by atoms with Gasteiger partial charge in [0.25, 0.3) is 5.69 Å². The second kappa shape index (κ2) is 5.40. The largest absolute Gasteiger partial charge is 0.396 e. The molecule has 0 radical (unpaired) electrons. The number of sulfonamides is 1. The van der Waals surface area contributed by atoms with E-state index in [1.807, 2.05) is 0 Å². The average Bonchev–Trinajstić information content (AvgIpc) is 3.17. The van der Waals surface area contributed by atoms with Crippen LogP contribution < -0.4 is 4.72 Å². The number of nitro groups is 1. The predicted molar refractivity (Wildman–Crippen MR) is 74.7 cm³/mol. The van der Waals surface area contributed by atoms with Gasteiger partial charge in [0.15, 0.2) is 4.90 Å². The number of benzene rings is 1. The molecule has 0 aliphatic heterocycles. The Hall–Kier alpha value is -1.03. The minimum atomic E-state index is -3.99. The molecule has 1 aliphatic rings. The van der Waals surface area contributed by atoms with Crippen molar-refractivity contribution in [3.8, 4) is 0 Å². The molecular formula is C11H13BrN2O5S. The van der Waals surface area contributed by atoms with Crippen molar-refractivity contribution in [1.29, 1.82) is 0 Å². The number of hydrogen-bond acceptors (Lipinski definition) is 5. The molecule has 0 saturated heterocycles. The first kappa shape index (κ1) is 15.4. The van der Waals surface area contributed by atoms with Crippen molar-refractivity contribution >= 4 is 31.6 Å². The van der Waals surface area contributed by atoms with Crippen molar-refractivity contribution in [2.24, 2.45) is 5.41 Å². The molecule has 0 bridgehead atoms. The summed E-state index contributed by atoms with van der Waals surface area (Å²) in [5.41, 5.74) is -0.886. The predicted octanol–water partition coefficient (Wildman–Crippen LogP) is 1.41. The number of hydrogen-bond donors (Lipinski definition) is 2. The Morgan fingerprint density at radius 2 is 2.10 bits per heavy atom. The number of rotatable bonds is 6. The topological polar surface area (TPSA) is 110 Å². The van der Waals surface area contributed by atoms with Crippen molar-refractivity contribution < 1.29 is 18.4 Å². The van der Waals surface area contributed by atoms with Crippen LogP contribution in [0.3, 0.4) is 0 Å². The van der Waals surface area contributed by atoms with Gasteiger partial charge in [-0.2, -0.15) is 0 Å². The van der Waals surface area contributed by atoms with Gasteiger partial charge in [-0.25, -0.2) is 13.1 Å². The highest BCUT2D eigenvalue weighted by Gasteiger charge is 2.43. The molecule has 7 nitrogen and oxygen atoms in total. The lowest BCUT2D eigenvalue weighted by Crippen LogP contribution is -2.32. The molecule has 1 aliphatic carbocycles. The zero-order chi connectivity index (χ0) is 15.0. The maximum absolute atomic E-state index is 12.2. The van der Waals surface area contributed by atoms with E-state index in [2.05, 4.69) is 20.7 Å². The third-order valence-corrected chi connectivity index (χ3v) is 5.26. The number of nitrogens with zero attached hydrogens (tertiary/aromatic N) is 1. The van der Waals surface area contributed by atoms with Crippen LogP contribution in [0, 0.1) is 15.5 Å². The van der Waals surface area contributed by atoms with E-state index in [0.29, 0.717) is 4.47 Å². The van der Waals surface area contributed by atoms with Crippen LogP contribution in [-0.4, -0.2) is 31.6 Å². The van der Waals surface area contributed by atoms with Crippen molar-refractivity contribution in [3.63, 3.8) is 0 Å². The number of aliphatic hydroxyl groups excluding tert-OH is 1. The molecule has 0 spiro atoms. The zero-order valence-electron chi connectivity index (χ0n) is 10.4. The Morgan fingerprint density at radius 3 is 2.60 bits per heavy atom. The molecule has 0 unspecified atom stereocenters. The van der Waals surface area contributed by atoms with Crippen LogP contribution in [0.1, 0.15) is 12.8 Å². The van der Waals surface area contributed by atoms with Gasteiger partial charge >= 0.3 is 0 Å². The fourth-order valence-electron chi connectivity index (χ4n) is 1.75. The summed E-state index contributed by atoms with van der Waals surface area (Å²) in [5.74, 6) is 0. The van der Waals surface area contributed by atoms with Crippen molar-refractivity contribution in [2.45, 2.75) is 17.7 Å². The number of aliphatic hydroxyl groups is 1. The van der Waals surface area contributed by atoms with Crippen LogP contribution in [0.2, 0.25) is 0 Å². The van der Waals surface area contributed by atoms with Gasteiger partial charge in [-0.3, -0.25) is 10.1 Å². The first-order chi connectivity index (χ1) is 9.30. The van der Waals surface area contributed by atoms with Gasteiger partial charge in [0.05, 0.1) is 4.92 Å². The molecule has 0 aromatic heterocycles. The third-order valence-electron chi connectivity index (χ3n) is 3.34. The lowest BCUT2D eigenvalue weighted by molar-refractivity contribution is -0.387. The van der Waals surface area contributed by atoms with Gasteiger partial charge in [-0.15, -0.1) is 0 Å². The lowest BCUT2D eigenvalue weighted by Gasteiger charge is -2.13. The van der Waals surface area contributed by atoms with Crippen LogP contribution in [0.5, 0.6) is 0 Å². The summed E-state index contributed by atoms with van der Waals surface area (Å²) in [6, 6.07) is 3.74. The summed E-state index contributed by atoms with van der Waals surface area (Å²) in [5, 5.41) is 20.1. The number of nitrogens with one attached hydrogen (secondary N) is 1. The van der Waals surface area contributed by atoms with E-state index >= 15 is 0 Å². The molecule has 1 aromatic carbocycles. The Kier molecular flexibility index (Phi) is 4.14. The minimum Gasteiger partial charge on any atom is -0.396 e. The molecule has 9 heteroatoms. The Morgan fingerprint density at radius 1 is 1.45 bits per heavy atom. The average molecular weight is 365 g/mol. The van der Waals surface area contributed by atoms with Gasteiger partial charge in [-0.05, 0) is 25.0 Å². The maximum atomic E-state index is 12.2. The standard InChI is InChI=1S/C11H13BrN2O5S/c12-8-1-2-9(14(16)17)10(5-8)20(18,19)13-6-11(7-15)3-4-11/h1-2,5,13,15H,3-4,6-7H2. The molecule has 20 heavy (non-hydrogen) atoms. The van der Waals surface area contributed by atoms with Gasteiger partial charge in [-0.1, -0.05) is 15.9 Å². The summed E-state index contributed by atoms with van der Waals surface area (Å²) in [7, 11) is -3.99. The Labute approximate surface area is 124 Å². The molecule has 110 valence electrons. The number of nitro benzene ring substituents is 1. The smallest absolute Gasteiger partial charge is 0.289 e. The molecule has 1 saturated carbocycles. The first-order valence-corrected chi connectivity index (χ1v) is 8.12. The van der Waals surface area contributed by atoms with E-state index in [1.165, 1.54) is 12.1 Å². The summed E-state index contributed by atoms with van der Waals surface area (Å²) < 4.78 is 27.1.